The predicted molar refractivity (Wildman–Crippen MR) is 128 cm³/mol. The topological polar surface area (TPSA) is 89.6 Å². The van der Waals surface area contributed by atoms with Crippen molar-refractivity contribution in [3.8, 4) is 35.1 Å². The van der Waals surface area contributed by atoms with E-state index in [1.807, 2.05) is 19.1 Å². The Hall–Kier alpha value is -4.45. The van der Waals surface area contributed by atoms with E-state index in [1.54, 1.807) is 30.3 Å². The van der Waals surface area contributed by atoms with Gasteiger partial charge in [-0.15, -0.1) is 15.2 Å². The third kappa shape index (κ3) is 4.33. The number of hydrogen-bond acceptors (Lipinski definition) is 5. The molecule has 0 bridgehead atoms. The number of benzene rings is 2. The zero-order valence-electron chi connectivity index (χ0n) is 19.2. The number of rotatable bonds is 6. The van der Waals surface area contributed by atoms with Crippen molar-refractivity contribution in [1.29, 1.82) is 0 Å². The summed E-state index contributed by atoms with van der Waals surface area (Å²) in [5.41, 5.74) is 2.30. The van der Waals surface area contributed by atoms with Crippen LogP contribution in [-0.4, -0.2) is 29.6 Å². The van der Waals surface area contributed by atoms with Crippen LogP contribution < -0.4 is 20.1 Å². The molecule has 2 amide bonds. The molecule has 36 heavy (non-hydrogen) atoms. The van der Waals surface area contributed by atoms with E-state index in [-0.39, 0.29) is 29.9 Å². The molecular formula is C27H21F2N3O4. The average Bonchev–Trinajstić information content (AvgIpc) is 3.60. The zero-order chi connectivity index (χ0) is 25.5. The first-order valence-electron chi connectivity index (χ1n) is 11.2. The smallest absolute Gasteiger partial charge is 0.395 e. The second kappa shape index (κ2) is 8.64. The molecule has 182 valence electrons. The Morgan fingerprint density at radius 2 is 1.86 bits per heavy atom. The van der Waals surface area contributed by atoms with Crippen molar-refractivity contribution in [2.45, 2.75) is 31.5 Å². The van der Waals surface area contributed by atoms with Crippen molar-refractivity contribution < 1.29 is 27.8 Å². The molecule has 0 atom stereocenters. The maximum absolute atomic E-state index is 13.4. The number of anilines is 1. The number of aryl methyl sites for hydroxylation is 1. The molecule has 2 aliphatic rings. The van der Waals surface area contributed by atoms with Crippen molar-refractivity contribution in [2.24, 2.45) is 0 Å². The molecule has 0 saturated heterocycles. The van der Waals surface area contributed by atoms with Gasteiger partial charge in [0, 0.05) is 11.1 Å². The van der Waals surface area contributed by atoms with Gasteiger partial charge in [-0.1, -0.05) is 30.2 Å². The van der Waals surface area contributed by atoms with Gasteiger partial charge in [0.15, 0.2) is 11.5 Å². The lowest BCUT2D eigenvalue weighted by Gasteiger charge is -2.17. The average molecular weight is 489 g/mol. The number of alkyl halides is 2. The van der Waals surface area contributed by atoms with Gasteiger partial charge in [-0.2, -0.15) is 0 Å². The first kappa shape index (κ1) is 23.3. The molecule has 2 heterocycles. The molecule has 3 aromatic rings. The zero-order valence-corrected chi connectivity index (χ0v) is 19.2. The van der Waals surface area contributed by atoms with Gasteiger partial charge in [0.25, 0.3) is 5.91 Å². The largest absolute Gasteiger partial charge is 0.586 e. The van der Waals surface area contributed by atoms with Crippen LogP contribution in [0.2, 0.25) is 0 Å². The Bertz CT molecular complexity index is 1430. The highest BCUT2D eigenvalue weighted by Crippen LogP contribution is 2.52. The Balaban J connectivity index is 1.37. The van der Waals surface area contributed by atoms with Crippen LogP contribution in [0, 0.1) is 19.3 Å². The highest BCUT2D eigenvalue weighted by Gasteiger charge is 2.53. The number of ether oxygens (including phenoxy) is 2. The standard InChI is InChI=1S/C27H21F2N3O4/c1-3-13-30-24(33)18-6-4-5-17(14-18)23-16(2)7-10-22(31-23)32-25(34)26(11-12-26)19-8-9-20-21(15-19)36-27(28,29)35-20/h1,4-10,14-15H,11-13H2,2H3,(H,30,33)(H,31,32,34). The van der Waals surface area contributed by atoms with Gasteiger partial charge >= 0.3 is 6.29 Å². The summed E-state index contributed by atoms with van der Waals surface area (Å²) in [6.45, 7) is 2.00. The number of terminal acetylenes is 1. The molecule has 9 heteroatoms. The van der Waals surface area contributed by atoms with E-state index < -0.39 is 11.7 Å². The fourth-order valence-electron chi connectivity index (χ4n) is 4.19. The third-order valence-electron chi connectivity index (χ3n) is 6.23. The first-order chi connectivity index (χ1) is 17.2. The van der Waals surface area contributed by atoms with E-state index in [0.29, 0.717) is 41.0 Å². The fraction of sp³-hybridized carbons (Fsp3) is 0.222. The van der Waals surface area contributed by atoms with Gasteiger partial charge in [0.2, 0.25) is 5.91 Å². The number of carbonyl (C=O) groups is 2. The lowest BCUT2D eigenvalue weighted by molar-refractivity contribution is -0.286. The number of hydrogen-bond donors (Lipinski definition) is 2. The quantitative estimate of drug-likeness (QED) is 0.501. The predicted octanol–water partition coefficient (Wildman–Crippen LogP) is 4.41. The maximum Gasteiger partial charge on any atom is 0.586 e. The van der Waals surface area contributed by atoms with Crippen LogP contribution in [0.3, 0.4) is 0 Å². The maximum atomic E-state index is 13.4. The number of nitrogens with one attached hydrogen (secondary N) is 2. The molecular weight excluding hydrogens is 468 g/mol. The molecule has 1 aliphatic heterocycles. The number of fused-ring (bicyclic) bond motifs is 1. The van der Waals surface area contributed by atoms with Crippen molar-refractivity contribution in [2.75, 3.05) is 11.9 Å². The minimum absolute atomic E-state index is 0.0694. The second-order valence-corrected chi connectivity index (χ2v) is 8.69. The molecule has 0 spiro atoms. The lowest BCUT2D eigenvalue weighted by atomic mass is 9.94. The minimum atomic E-state index is -3.72. The Labute approximate surface area is 205 Å². The van der Waals surface area contributed by atoms with Crippen molar-refractivity contribution >= 4 is 17.6 Å². The number of nitrogens with zero attached hydrogens (tertiary/aromatic N) is 1. The molecule has 7 nitrogen and oxygen atoms in total. The molecule has 1 aliphatic carbocycles. The molecule has 5 rings (SSSR count). The number of carbonyl (C=O) groups excluding carboxylic acids is 2. The van der Waals surface area contributed by atoms with Crippen molar-refractivity contribution in [3.05, 3.63) is 71.3 Å². The summed E-state index contributed by atoms with van der Waals surface area (Å²) in [6.07, 6.45) is 2.60. The van der Waals surface area contributed by atoms with Gasteiger partial charge in [0.05, 0.1) is 17.7 Å². The summed E-state index contributed by atoms with van der Waals surface area (Å²) in [5.74, 6) is 1.94. The SMILES string of the molecule is C#CCNC(=O)c1cccc(-c2nc(NC(=O)C3(c4ccc5c(c4)OC(F)(F)O5)CC3)ccc2C)c1. The first-order valence-corrected chi connectivity index (χ1v) is 11.2. The second-order valence-electron chi connectivity index (χ2n) is 8.69. The number of halogens is 2. The summed E-state index contributed by atoms with van der Waals surface area (Å²) in [7, 11) is 0. The fourth-order valence-corrected chi connectivity index (χ4v) is 4.19. The van der Waals surface area contributed by atoms with E-state index in [2.05, 4.69) is 31.0 Å². The highest BCUT2D eigenvalue weighted by atomic mass is 19.3. The van der Waals surface area contributed by atoms with Crippen LogP contribution >= 0.6 is 0 Å². The molecule has 0 radical (unpaired) electrons. The van der Waals surface area contributed by atoms with Gasteiger partial charge in [-0.05, 0) is 61.2 Å². The van der Waals surface area contributed by atoms with Crippen LogP contribution in [0.25, 0.3) is 11.3 Å². The summed E-state index contributed by atoms with van der Waals surface area (Å²) in [4.78, 5) is 30.2. The van der Waals surface area contributed by atoms with E-state index in [1.165, 1.54) is 12.1 Å². The van der Waals surface area contributed by atoms with Crippen LogP contribution in [0.4, 0.5) is 14.6 Å². The van der Waals surface area contributed by atoms with E-state index >= 15 is 0 Å². The Kier molecular flexibility index (Phi) is 5.59. The van der Waals surface area contributed by atoms with Crippen LogP contribution in [0.15, 0.2) is 54.6 Å². The molecule has 0 unspecified atom stereocenters. The van der Waals surface area contributed by atoms with E-state index in [0.717, 1.165) is 5.56 Å². The Morgan fingerprint density at radius 3 is 2.61 bits per heavy atom. The third-order valence-corrected chi connectivity index (χ3v) is 6.23. The summed E-state index contributed by atoms with van der Waals surface area (Å²) in [5, 5.41) is 5.49. The molecule has 1 fully saturated rings. The molecule has 2 aromatic carbocycles. The van der Waals surface area contributed by atoms with Crippen molar-refractivity contribution in [1.82, 2.24) is 10.3 Å². The Morgan fingerprint density at radius 1 is 1.08 bits per heavy atom. The van der Waals surface area contributed by atoms with Gasteiger partial charge in [0.1, 0.15) is 5.82 Å². The van der Waals surface area contributed by atoms with Gasteiger partial charge in [-0.3, -0.25) is 9.59 Å². The molecule has 1 aromatic heterocycles. The molecule has 1 saturated carbocycles. The van der Waals surface area contributed by atoms with Gasteiger partial charge in [-0.25, -0.2) is 4.98 Å². The molecule has 2 N–H and O–H groups in total. The monoisotopic (exact) mass is 489 g/mol. The normalized spacial score (nSPS) is 16.1. The summed E-state index contributed by atoms with van der Waals surface area (Å²) < 4.78 is 35.8. The van der Waals surface area contributed by atoms with Gasteiger partial charge < -0.3 is 20.1 Å². The van der Waals surface area contributed by atoms with Crippen LogP contribution in [0.5, 0.6) is 11.5 Å². The van der Waals surface area contributed by atoms with Crippen LogP contribution in [0.1, 0.15) is 34.3 Å². The van der Waals surface area contributed by atoms with E-state index in [4.69, 9.17) is 6.42 Å². The lowest BCUT2D eigenvalue weighted by Crippen LogP contribution is -2.28. The van der Waals surface area contributed by atoms with Crippen molar-refractivity contribution in [3.63, 3.8) is 0 Å². The summed E-state index contributed by atoms with van der Waals surface area (Å²) in [6, 6.07) is 14.9. The highest BCUT2D eigenvalue weighted by molar-refractivity contribution is 6.01. The number of aromatic nitrogens is 1. The summed E-state index contributed by atoms with van der Waals surface area (Å²) >= 11 is 0. The van der Waals surface area contributed by atoms with E-state index in [9.17, 15) is 18.4 Å². The minimum Gasteiger partial charge on any atom is -0.395 e. The number of pyridine rings is 1. The van der Waals surface area contributed by atoms with Crippen LogP contribution in [-0.2, 0) is 10.2 Å². The number of amides is 2.